The van der Waals surface area contributed by atoms with Crippen molar-refractivity contribution in [3.63, 3.8) is 0 Å². The van der Waals surface area contributed by atoms with Crippen molar-refractivity contribution in [1.82, 2.24) is 4.31 Å². The summed E-state index contributed by atoms with van der Waals surface area (Å²) in [5.41, 5.74) is 5.13. The summed E-state index contributed by atoms with van der Waals surface area (Å²) in [4.78, 5) is 0.0475. The fourth-order valence-corrected chi connectivity index (χ4v) is 4.57. The van der Waals surface area contributed by atoms with Crippen LogP contribution in [-0.4, -0.2) is 37.5 Å². The number of benzene rings is 1. The second-order valence-corrected chi connectivity index (χ2v) is 8.03. The molecule has 1 unspecified atom stereocenters. The smallest absolute Gasteiger partial charge is 0.243 e. The molecule has 0 saturated carbocycles. The standard InChI is InChI=1S/C14H21FN2O3S/c1-9-5-11(15)12(16)6-13(9)21(18,19)17-7-10(2)20-14(3,4)8-17/h5-6,10H,7-8,16H2,1-4H3. The number of nitrogens with two attached hydrogens (primary N) is 1. The minimum atomic E-state index is -3.73. The summed E-state index contributed by atoms with van der Waals surface area (Å²) >= 11 is 0. The van der Waals surface area contributed by atoms with Crippen molar-refractivity contribution in [2.75, 3.05) is 18.8 Å². The fraction of sp³-hybridized carbons (Fsp3) is 0.571. The summed E-state index contributed by atoms with van der Waals surface area (Å²) in [5, 5.41) is 0. The molecule has 1 aromatic carbocycles. The quantitative estimate of drug-likeness (QED) is 0.846. The van der Waals surface area contributed by atoms with E-state index in [-0.39, 0.29) is 29.8 Å². The summed E-state index contributed by atoms with van der Waals surface area (Å²) in [6, 6.07) is 2.34. The first kappa shape index (κ1) is 16.2. The molecule has 1 aliphatic rings. The highest BCUT2D eigenvalue weighted by Gasteiger charge is 2.38. The number of anilines is 1. The van der Waals surface area contributed by atoms with Crippen LogP contribution >= 0.6 is 0 Å². The van der Waals surface area contributed by atoms with Gasteiger partial charge in [-0.2, -0.15) is 4.31 Å². The molecule has 2 rings (SSSR count). The molecule has 1 aromatic rings. The molecule has 5 nitrogen and oxygen atoms in total. The van der Waals surface area contributed by atoms with Crippen LogP contribution < -0.4 is 5.73 Å². The van der Waals surface area contributed by atoms with Crippen LogP contribution in [0.4, 0.5) is 10.1 Å². The van der Waals surface area contributed by atoms with Gasteiger partial charge in [0.15, 0.2) is 0 Å². The molecule has 21 heavy (non-hydrogen) atoms. The van der Waals surface area contributed by atoms with Gasteiger partial charge in [0.2, 0.25) is 10.0 Å². The minimum Gasteiger partial charge on any atom is -0.396 e. The first-order chi connectivity index (χ1) is 9.53. The van der Waals surface area contributed by atoms with Crippen LogP contribution in [0, 0.1) is 12.7 Å². The van der Waals surface area contributed by atoms with Crippen LogP contribution in [0.15, 0.2) is 17.0 Å². The zero-order valence-electron chi connectivity index (χ0n) is 12.7. The van der Waals surface area contributed by atoms with Gasteiger partial charge in [-0.05, 0) is 45.4 Å². The van der Waals surface area contributed by atoms with Gasteiger partial charge in [0.05, 0.1) is 22.3 Å². The Morgan fingerprint density at radius 1 is 1.43 bits per heavy atom. The maximum Gasteiger partial charge on any atom is 0.243 e. The number of hydrogen-bond donors (Lipinski definition) is 1. The third-order valence-corrected chi connectivity index (χ3v) is 5.40. The molecule has 118 valence electrons. The molecule has 0 radical (unpaired) electrons. The van der Waals surface area contributed by atoms with E-state index in [1.54, 1.807) is 6.92 Å². The lowest BCUT2D eigenvalue weighted by Gasteiger charge is -2.41. The van der Waals surface area contributed by atoms with E-state index in [0.717, 1.165) is 6.07 Å². The number of hydrogen-bond acceptors (Lipinski definition) is 4. The number of aryl methyl sites for hydroxylation is 1. The highest BCUT2D eigenvalue weighted by atomic mass is 32.2. The molecule has 1 heterocycles. The molecule has 1 aliphatic heterocycles. The van der Waals surface area contributed by atoms with Gasteiger partial charge in [0.1, 0.15) is 5.82 Å². The van der Waals surface area contributed by atoms with E-state index in [4.69, 9.17) is 10.5 Å². The van der Waals surface area contributed by atoms with Crippen molar-refractivity contribution in [3.8, 4) is 0 Å². The monoisotopic (exact) mass is 316 g/mol. The van der Waals surface area contributed by atoms with E-state index in [2.05, 4.69) is 0 Å². The number of ether oxygens (including phenoxy) is 1. The third kappa shape index (κ3) is 3.20. The van der Waals surface area contributed by atoms with Crippen LogP contribution in [0.1, 0.15) is 26.3 Å². The zero-order chi connectivity index (χ0) is 16.0. The second-order valence-electron chi connectivity index (χ2n) is 6.12. The van der Waals surface area contributed by atoms with E-state index >= 15 is 0 Å². The minimum absolute atomic E-state index is 0.0475. The van der Waals surface area contributed by atoms with Crippen LogP contribution in [0.3, 0.4) is 0 Å². The Kier molecular flexibility index (Phi) is 4.03. The lowest BCUT2D eigenvalue weighted by molar-refractivity contribution is -0.109. The zero-order valence-corrected chi connectivity index (χ0v) is 13.5. The molecule has 0 spiro atoms. The Labute approximate surface area is 124 Å². The third-order valence-electron chi connectivity index (χ3n) is 3.45. The Morgan fingerprint density at radius 2 is 2.05 bits per heavy atom. The average molecular weight is 316 g/mol. The SMILES string of the molecule is Cc1cc(F)c(N)cc1S(=O)(=O)N1CC(C)OC(C)(C)C1. The molecular formula is C14H21FN2O3S. The molecule has 0 bridgehead atoms. The molecule has 7 heteroatoms. The van der Waals surface area contributed by atoms with Crippen molar-refractivity contribution < 1.29 is 17.5 Å². The lowest BCUT2D eigenvalue weighted by Crippen LogP contribution is -2.53. The maximum atomic E-state index is 13.4. The summed E-state index contributed by atoms with van der Waals surface area (Å²) in [7, 11) is -3.73. The Morgan fingerprint density at radius 3 is 2.62 bits per heavy atom. The number of halogens is 1. The Balaban J connectivity index is 2.45. The predicted octanol–water partition coefficient (Wildman–Crippen LogP) is 1.90. The normalized spacial score (nSPS) is 23.2. The maximum absolute atomic E-state index is 13.4. The van der Waals surface area contributed by atoms with Crippen LogP contribution in [0.5, 0.6) is 0 Å². The molecule has 2 N–H and O–H groups in total. The Hall–Kier alpha value is -1.18. The van der Waals surface area contributed by atoms with Gasteiger partial charge in [-0.3, -0.25) is 0 Å². The van der Waals surface area contributed by atoms with Crippen molar-refractivity contribution in [2.24, 2.45) is 0 Å². The van der Waals surface area contributed by atoms with Gasteiger partial charge < -0.3 is 10.5 Å². The first-order valence-corrected chi connectivity index (χ1v) is 8.20. The van der Waals surface area contributed by atoms with Gasteiger partial charge >= 0.3 is 0 Å². The largest absolute Gasteiger partial charge is 0.396 e. The van der Waals surface area contributed by atoms with Crippen LogP contribution in [0.2, 0.25) is 0 Å². The fourth-order valence-electron chi connectivity index (χ4n) is 2.66. The van der Waals surface area contributed by atoms with Gasteiger partial charge in [-0.15, -0.1) is 0 Å². The molecule has 1 saturated heterocycles. The van der Waals surface area contributed by atoms with Gasteiger partial charge in [-0.1, -0.05) is 0 Å². The van der Waals surface area contributed by atoms with Crippen molar-refractivity contribution in [1.29, 1.82) is 0 Å². The lowest BCUT2D eigenvalue weighted by atomic mass is 10.1. The van der Waals surface area contributed by atoms with Gasteiger partial charge in [0.25, 0.3) is 0 Å². The van der Waals surface area contributed by atoms with E-state index in [9.17, 15) is 12.8 Å². The number of rotatable bonds is 2. The molecule has 0 aliphatic carbocycles. The summed E-state index contributed by atoms with van der Waals surface area (Å²) < 4.78 is 46.1. The summed E-state index contributed by atoms with van der Waals surface area (Å²) in [6.45, 7) is 7.59. The van der Waals surface area contributed by atoms with Crippen molar-refractivity contribution in [2.45, 2.75) is 44.3 Å². The number of nitrogen functional groups attached to an aromatic ring is 1. The highest BCUT2D eigenvalue weighted by Crippen LogP contribution is 2.29. The molecule has 0 aromatic heterocycles. The van der Waals surface area contributed by atoms with Crippen LogP contribution in [-0.2, 0) is 14.8 Å². The average Bonchev–Trinajstić information content (AvgIpc) is 2.31. The second kappa shape index (κ2) is 5.23. The van der Waals surface area contributed by atoms with E-state index in [1.807, 2.05) is 20.8 Å². The van der Waals surface area contributed by atoms with E-state index in [1.165, 1.54) is 10.4 Å². The number of morpholine rings is 1. The summed E-state index contributed by atoms with van der Waals surface area (Å²) in [5.74, 6) is -0.609. The summed E-state index contributed by atoms with van der Waals surface area (Å²) in [6.07, 6.45) is -0.207. The predicted molar refractivity (Wildman–Crippen MR) is 78.9 cm³/mol. The van der Waals surface area contributed by atoms with Crippen molar-refractivity contribution in [3.05, 3.63) is 23.5 Å². The number of sulfonamides is 1. The van der Waals surface area contributed by atoms with E-state index in [0.29, 0.717) is 5.56 Å². The molecule has 1 atom stereocenters. The number of nitrogens with zero attached hydrogens (tertiary/aromatic N) is 1. The first-order valence-electron chi connectivity index (χ1n) is 6.76. The van der Waals surface area contributed by atoms with Crippen LogP contribution in [0.25, 0.3) is 0 Å². The van der Waals surface area contributed by atoms with Gasteiger partial charge in [-0.25, -0.2) is 12.8 Å². The highest BCUT2D eigenvalue weighted by molar-refractivity contribution is 7.89. The molecule has 1 fully saturated rings. The van der Waals surface area contributed by atoms with E-state index < -0.39 is 21.4 Å². The van der Waals surface area contributed by atoms with Crippen molar-refractivity contribution >= 4 is 15.7 Å². The topological polar surface area (TPSA) is 72.6 Å². The van der Waals surface area contributed by atoms with Gasteiger partial charge in [0, 0.05) is 13.1 Å². The Bertz CT molecular complexity index is 658. The molecule has 0 amide bonds. The molecular weight excluding hydrogens is 295 g/mol.